The second-order valence-electron chi connectivity index (χ2n) is 8.06. The number of fused-ring (bicyclic) bond motifs is 1. The first-order valence-electron chi connectivity index (χ1n) is 11.3. The SMILES string of the molecule is C=CCOC(=O)C1=C(C)N=c2sc(=Cc3ccc(Cl)c(Cl)c3)c(=O)n2C1c1ccc(OCCC)cc1. The second kappa shape index (κ2) is 11.3. The van der Waals surface area contributed by atoms with E-state index in [2.05, 4.69) is 11.6 Å². The number of carbonyl (C=O) groups is 1. The molecule has 0 amide bonds. The lowest BCUT2D eigenvalue weighted by molar-refractivity contribution is -0.138. The van der Waals surface area contributed by atoms with Crippen LogP contribution in [0.2, 0.25) is 10.0 Å². The molecule has 0 saturated heterocycles. The Morgan fingerprint density at radius 1 is 1.19 bits per heavy atom. The van der Waals surface area contributed by atoms with Gasteiger partial charge in [0.15, 0.2) is 4.80 Å². The number of halogens is 2. The van der Waals surface area contributed by atoms with Crippen LogP contribution in [-0.4, -0.2) is 23.8 Å². The maximum atomic E-state index is 13.7. The van der Waals surface area contributed by atoms with E-state index in [0.717, 1.165) is 17.5 Å². The lowest BCUT2D eigenvalue weighted by Crippen LogP contribution is -2.39. The molecule has 0 aliphatic carbocycles. The van der Waals surface area contributed by atoms with Gasteiger partial charge in [0, 0.05) is 0 Å². The van der Waals surface area contributed by atoms with Crippen LogP contribution in [0.3, 0.4) is 0 Å². The van der Waals surface area contributed by atoms with E-state index < -0.39 is 12.0 Å². The summed E-state index contributed by atoms with van der Waals surface area (Å²) in [5, 5.41) is 0.824. The van der Waals surface area contributed by atoms with Crippen molar-refractivity contribution in [3.63, 3.8) is 0 Å². The molecule has 1 aromatic heterocycles. The Labute approximate surface area is 222 Å². The summed E-state index contributed by atoms with van der Waals surface area (Å²) in [5.41, 5.74) is 1.98. The molecule has 2 heterocycles. The third-order valence-corrected chi connectivity index (χ3v) is 7.21. The van der Waals surface area contributed by atoms with Crippen LogP contribution in [0.5, 0.6) is 5.75 Å². The zero-order valence-corrected chi connectivity index (χ0v) is 22.1. The maximum absolute atomic E-state index is 13.7. The molecule has 0 N–H and O–H groups in total. The van der Waals surface area contributed by atoms with E-state index in [1.54, 1.807) is 31.2 Å². The van der Waals surface area contributed by atoms with Gasteiger partial charge in [-0.05, 0) is 54.8 Å². The van der Waals surface area contributed by atoms with Crippen molar-refractivity contribution < 1.29 is 14.3 Å². The van der Waals surface area contributed by atoms with E-state index in [4.69, 9.17) is 32.7 Å². The smallest absolute Gasteiger partial charge is 0.338 e. The summed E-state index contributed by atoms with van der Waals surface area (Å²) < 4.78 is 13.1. The van der Waals surface area contributed by atoms with Gasteiger partial charge in [0.1, 0.15) is 12.4 Å². The fourth-order valence-electron chi connectivity index (χ4n) is 3.83. The van der Waals surface area contributed by atoms with Crippen LogP contribution < -0.4 is 19.6 Å². The first-order valence-corrected chi connectivity index (χ1v) is 12.9. The lowest BCUT2D eigenvalue weighted by Gasteiger charge is -2.24. The minimum atomic E-state index is -0.713. The monoisotopic (exact) mass is 542 g/mol. The molecule has 0 saturated carbocycles. The van der Waals surface area contributed by atoms with Gasteiger partial charge in [-0.3, -0.25) is 9.36 Å². The molecular weight excluding hydrogens is 519 g/mol. The molecular formula is C27H24Cl2N2O4S. The number of hydrogen-bond donors (Lipinski definition) is 0. The topological polar surface area (TPSA) is 69.9 Å². The van der Waals surface area contributed by atoms with Gasteiger partial charge in [-0.25, -0.2) is 9.79 Å². The molecule has 1 aliphatic rings. The Hall–Kier alpha value is -3.13. The van der Waals surface area contributed by atoms with Gasteiger partial charge < -0.3 is 9.47 Å². The predicted octanol–water partition coefficient (Wildman–Crippen LogP) is 5.06. The zero-order chi connectivity index (χ0) is 25.8. The van der Waals surface area contributed by atoms with Crippen molar-refractivity contribution in [1.82, 2.24) is 4.57 Å². The number of aromatic nitrogens is 1. The van der Waals surface area contributed by atoms with Crippen molar-refractivity contribution in [3.8, 4) is 5.75 Å². The molecule has 0 radical (unpaired) electrons. The number of carbonyl (C=O) groups excluding carboxylic acids is 1. The highest BCUT2D eigenvalue weighted by Gasteiger charge is 2.33. The standard InChI is InChI=1S/C27H24Cl2N2O4S/c1-4-12-34-19-9-7-18(8-10-19)24-23(26(33)35-13-5-2)16(3)30-27-31(24)25(32)22(36-27)15-17-6-11-20(28)21(29)14-17/h5-11,14-15,24H,2,4,12-13H2,1,3H3. The number of benzene rings is 2. The van der Waals surface area contributed by atoms with Gasteiger partial charge in [-0.1, -0.05) is 72.3 Å². The van der Waals surface area contributed by atoms with Crippen molar-refractivity contribution in [2.24, 2.45) is 4.99 Å². The summed E-state index contributed by atoms with van der Waals surface area (Å²) in [4.78, 5) is 31.8. The average molecular weight is 543 g/mol. The third-order valence-electron chi connectivity index (χ3n) is 5.48. The molecule has 186 valence electrons. The van der Waals surface area contributed by atoms with Crippen LogP contribution in [0.1, 0.15) is 37.4 Å². The van der Waals surface area contributed by atoms with Gasteiger partial charge in [0.2, 0.25) is 0 Å². The molecule has 4 rings (SSSR count). The number of nitrogens with zero attached hydrogens (tertiary/aromatic N) is 2. The molecule has 0 spiro atoms. The summed E-state index contributed by atoms with van der Waals surface area (Å²) in [6.45, 7) is 8.03. The lowest BCUT2D eigenvalue weighted by atomic mass is 9.96. The van der Waals surface area contributed by atoms with Gasteiger partial charge in [0.05, 0.1) is 38.5 Å². The Bertz CT molecular complexity index is 1520. The van der Waals surface area contributed by atoms with Gasteiger partial charge in [-0.2, -0.15) is 0 Å². The predicted molar refractivity (Wildman–Crippen MR) is 144 cm³/mol. The maximum Gasteiger partial charge on any atom is 0.338 e. The van der Waals surface area contributed by atoms with Gasteiger partial charge >= 0.3 is 5.97 Å². The van der Waals surface area contributed by atoms with Crippen LogP contribution in [0.25, 0.3) is 6.08 Å². The second-order valence-corrected chi connectivity index (χ2v) is 9.88. The molecule has 1 atom stereocenters. The van der Waals surface area contributed by atoms with Crippen molar-refractivity contribution in [3.05, 3.63) is 107 Å². The van der Waals surface area contributed by atoms with Crippen molar-refractivity contribution in [1.29, 1.82) is 0 Å². The van der Waals surface area contributed by atoms with Crippen molar-refractivity contribution in [2.75, 3.05) is 13.2 Å². The zero-order valence-electron chi connectivity index (χ0n) is 19.8. The van der Waals surface area contributed by atoms with Crippen LogP contribution in [0, 0.1) is 0 Å². The average Bonchev–Trinajstić information content (AvgIpc) is 3.17. The Kier molecular flexibility index (Phi) is 8.14. The van der Waals surface area contributed by atoms with Crippen LogP contribution in [0.15, 0.2) is 76.2 Å². The number of allylic oxidation sites excluding steroid dienone is 1. The van der Waals surface area contributed by atoms with E-state index >= 15 is 0 Å². The first-order chi connectivity index (χ1) is 17.3. The highest BCUT2D eigenvalue weighted by Crippen LogP contribution is 2.31. The fourth-order valence-corrected chi connectivity index (χ4v) is 5.18. The van der Waals surface area contributed by atoms with Crippen molar-refractivity contribution >= 4 is 46.6 Å². The Balaban J connectivity index is 1.87. The third kappa shape index (κ3) is 5.33. The molecule has 0 bridgehead atoms. The quantitative estimate of drug-likeness (QED) is 0.294. The molecule has 6 nitrogen and oxygen atoms in total. The van der Waals surface area contributed by atoms with Crippen molar-refractivity contribution in [2.45, 2.75) is 26.3 Å². The fraction of sp³-hybridized carbons (Fsp3) is 0.222. The number of thiazole rings is 1. The summed E-state index contributed by atoms with van der Waals surface area (Å²) in [5.74, 6) is 0.162. The molecule has 1 aliphatic heterocycles. The minimum absolute atomic E-state index is 0.0495. The normalized spacial score (nSPS) is 15.3. The molecule has 36 heavy (non-hydrogen) atoms. The van der Waals surface area contributed by atoms with Crippen LogP contribution in [-0.2, 0) is 9.53 Å². The molecule has 9 heteroatoms. The number of hydrogen-bond acceptors (Lipinski definition) is 6. The van der Waals surface area contributed by atoms with Crippen LogP contribution in [0.4, 0.5) is 0 Å². The summed E-state index contributed by atoms with van der Waals surface area (Å²) in [6.07, 6.45) is 4.12. The first kappa shape index (κ1) is 25.9. The Morgan fingerprint density at radius 3 is 2.61 bits per heavy atom. The van der Waals surface area contributed by atoms with E-state index in [1.807, 2.05) is 31.2 Å². The van der Waals surface area contributed by atoms with Crippen LogP contribution >= 0.6 is 34.5 Å². The number of rotatable bonds is 8. The highest BCUT2D eigenvalue weighted by molar-refractivity contribution is 7.07. The van der Waals surface area contributed by atoms with Gasteiger partial charge in [0.25, 0.3) is 5.56 Å². The minimum Gasteiger partial charge on any atom is -0.494 e. The molecule has 2 aromatic carbocycles. The molecule has 1 unspecified atom stereocenters. The largest absolute Gasteiger partial charge is 0.494 e. The summed E-state index contributed by atoms with van der Waals surface area (Å²) in [7, 11) is 0. The summed E-state index contributed by atoms with van der Waals surface area (Å²) >= 11 is 13.4. The van der Waals surface area contributed by atoms with E-state index in [-0.39, 0.29) is 12.2 Å². The van der Waals surface area contributed by atoms with E-state index in [1.165, 1.54) is 22.0 Å². The Morgan fingerprint density at radius 2 is 1.94 bits per heavy atom. The van der Waals surface area contributed by atoms with E-state index in [0.29, 0.717) is 43.0 Å². The highest BCUT2D eigenvalue weighted by atomic mass is 35.5. The number of esters is 1. The number of ether oxygens (including phenoxy) is 2. The van der Waals surface area contributed by atoms with Gasteiger partial charge in [-0.15, -0.1) is 0 Å². The van der Waals surface area contributed by atoms with E-state index in [9.17, 15) is 9.59 Å². The molecule has 0 fully saturated rings. The molecule has 3 aromatic rings. The summed E-state index contributed by atoms with van der Waals surface area (Å²) in [6, 6.07) is 11.8.